The molecule has 0 saturated carbocycles. The molecule has 0 atom stereocenters. The molecule has 142 valence electrons. The minimum Gasteiger partial charge on any atom is -0.475 e. The van der Waals surface area contributed by atoms with Crippen LogP contribution in [0.4, 0.5) is 0 Å². The van der Waals surface area contributed by atoms with Gasteiger partial charge in [-0.3, -0.25) is 9.36 Å². The summed E-state index contributed by atoms with van der Waals surface area (Å²) in [6.07, 6.45) is -0.268. The molecule has 0 unspecified atom stereocenters. The summed E-state index contributed by atoms with van der Waals surface area (Å²) in [5.41, 5.74) is 0.209. The van der Waals surface area contributed by atoms with Crippen molar-refractivity contribution in [2.24, 2.45) is 0 Å². The van der Waals surface area contributed by atoms with Crippen molar-refractivity contribution in [1.29, 1.82) is 0 Å². The van der Waals surface area contributed by atoms with E-state index in [9.17, 15) is 14.4 Å². The SMILES string of the molecule is Cc1c(C(=O)OC(C)C)sc2nc(C)n(Cc3ccc(C(=O)O)o3)c(=O)c12. The van der Waals surface area contributed by atoms with Crippen LogP contribution < -0.4 is 5.56 Å². The zero-order valence-corrected chi connectivity index (χ0v) is 16.0. The number of carboxylic acid groups (broad SMARTS) is 1. The first-order chi connectivity index (χ1) is 12.7. The molecule has 0 aliphatic rings. The standard InChI is InChI=1S/C18H18N2O6S/c1-8(2)25-18(24)14-9(3)13-15(27-14)19-10(4)20(16(13)21)7-11-5-6-12(26-11)17(22)23/h5-6,8H,7H2,1-4H3,(H,22,23). The maximum atomic E-state index is 13.0. The van der Waals surface area contributed by atoms with Crippen molar-refractivity contribution >= 4 is 33.5 Å². The van der Waals surface area contributed by atoms with Gasteiger partial charge in [0.15, 0.2) is 0 Å². The van der Waals surface area contributed by atoms with Crippen LogP contribution in [0, 0.1) is 13.8 Å². The fraction of sp³-hybridized carbons (Fsp3) is 0.333. The van der Waals surface area contributed by atoms with E-state index in [1.54, 1.807) is 27.7 Å². The first-order valence-corrected chi connectivity index (χ1v) is 9.04. The van der Waals surface area contributed by atoms with Crippen LogP contribution in [-0.4, -0.2) is 32.7 Å². The Hall–Kier alpha value is -2.94. The molecular weight excluding hydrogens is 372 g/mol. The topological polar surface area (TPSA) is 112 Å². The fourth-order valence-corrected chi connectivity index (χ4v) is 3.80. The molecule has 9 heteroatoms. The van der Waals surface area contributed by atoms with Gasteiger partial charge in [-0.2, -0.15) is 0 Å². The summed E-state index contributed by atoms with van der Waals surface area (Å²) in [4.78, 5) is 41.5. The molecule has 3 aromatic heterocycles. The van der Waals surface area contributed by atoms with Gasteiger partial charge >= 0.3 is 11.9 Å². The van der Waals surface area contributed by atoms with Crippen molar-refractivity contribution in [2.75, 3.05) is 0 Å². The average molecular weight is 390 g/mol. The van der Waals surface area contributed by atoms with E-state index in [4.69, 9.17) is 14.3 Å². The van der Waals surface area contributed by atoms with Gasteiger partial charge in [0.1, 0.15) is 21.3 Å². The van der Waals surface area contributed by atoms with Gasteiger partial charge in [0.25, 0.3) is 5.56 Å². The molecule has 0 aromatic carbocycles. The van der Waals surface area contributed by atoms with E-state index in [0.29, 0.717) is 32.2 Å². The highest BCUT2D eigenvalue weighted by atomic mass is 32.1. The van der Waals surface area contributed by atoms with Crippen molar-refractivity contribution in [1.82, 2.24) is 9.55 Å². The van der Waals surface area contributed by atoms with Gasteiger partial charge in [-0.25, -0.2) is 14.6 Å². The van der Waals surface area contributed by atoms with Crippen molar-refractivity contribution in [3.8, 4) is 0 Å². The molecule has 3 heterocycles. The number of carboxylic acids is 1. The third-order valence-electron chi connectivity index (χ3n) is 3.96. The third-order valence-corrected chi connectivity index (χ3v) is 5.12. The van der Waals surface area contributed by atoms with Crippen molar-refractivity contribution < 1.29 is 23.8 Å². The molecule has 3 aromatic rings. The smallest absolute Gasteiger partial charge is 0.371 e. The lowest BCUT2D eigenvalue weighted by Gasteiger charge is -2.08. The van der Waals surface area contributed by atoms with Gasteiger partial charge < -0.3 is 14.3 Å². The Kier molecular flexibility index (Phi) is 4.88. The maximum Gasteiger partial charge on any atom is 0.371 e. The number of rotatable bonds is 5. The van der Waals surface area contributed by atoms with Crippen LogP contribution in [0.15, 0.2) is 21.3 Å². The quantitative estimate of drug-likeness (QED) is 0.667. The summed E-state index contributed by atoms with van der Waals surface area (Å²) in [6, 6.07) is 2.84. The largest absolute Gasteiger partial charge is 0.475 e. The second-order valence-corrected chi connectivity index (χ2v) is 7.31. The minimum atomic E-state index is -1.18. The zero-order valence-electron chi connectivity index (χ0n) is 15.2. The van der Waals surface area contributed by atoms with Crippen LogP contribution in [0.5, 0.6) is 0 Å². The van der Waals surface area contributed by atoms with Gasteiger partial charge in [0.2, 0.25) is 5.76 Å². The number of nitrogens with zero attached hydrogens (tertiary/aromatic N) is 2. The lowest BCUT2D eigenvalue weighted by atomic mass is 10.2. The highest BCUT2D eigenvalue weighted by Gasteiger charge is 2.22. The number of hydrogen-bond donors (Lipinski definition) is 1. The van der Waals surface area contributed by atoms with Crippen LogP contribution in [0.3, 0.4) is 0 Å². The Balaban J connectivity index is 2.07. The number of aryl methyl sites for hydroxylation is 2. The predicted octanol–water partition coefficient (Wildman–Crippen LogP) is 2.98. The minimum absolute atomic E-state index is 0.0436. The molecular formula is C18H18N2O6S. The van der Waals surface area contributed by atoms with E-state index in [0.717, 1.165) is 11.3 Å². The first-order valence-electron chi connectivity index (χ1n) is 8.22. The summed E-state index contributed by atoms with van der Waals surface area (Å²) < 4.78 is 11.9. The Morgan fingerprint density at radius 3 is 2.63 bits per heavy atom. The number of carbonyl (C=O) groups excluding carboxylic acids is 1. The number of aromatic nitrogens is 2. The van der Waals surface area contributed by atoms with Crippen LogP contribution in [0.1, 0.15) is 51.2 Å². The van der Waals surface area contributed by atoms with Crippen LogP contribution in [0.25, 0.3) is 10.2 Å². The number of esters is 1. The lowest BCUT2D eigenvalue weighted by Crippen LogP contribution is -2.24. The van der Waals surface area contributed by atoms with Crippen molar-refractivity contribution in [3.63, 3.8) is 0 Å². The monoisotopic (exact) mass is 390 g/mol. The number of ether oxygens (including phenoxy) is 1. The second kappa shape index (κ2) is 6.99. The zero-order chi connectivity index (χ0) is 19.9. The number of fused-ring (bicyclic) bond motifs is 1. The van der Waals surface area contributed by atoms with Gasteiger partial charge in [0, 0.05) is 0 Å². The van der Waals surface area contributed by atoms with E-state index in [1.165, 1.54) is 16.7 Å². The molecule has 0 fully saturated rings. The van der Waals surface area contributed by atoms with E-state index in [-0.39, 0.29) is 24.0 Å². The number of hydrogen-bond acceptors (Lipinski definition) is 7. The normalized spacial score (nSPS) is 11.3. The van der Waals surface area contributed by atoms with E-state index >= 15 is 0 Å². The molecule has 8 nitrogen and oxygen atoms in total. The average Bonchev–Trinajstić information content (AvgIpc) is 3.16. The third kappa shape index (κ3) is 3.50. The van der Waals surface area contributed by atoms with Crippen molar-refractivity contribution in [2.45, 2.75) is 40.3 Å². The summed E-state index contributed by atoms with van der Waals surface area (Å²) >= 11 is 1.13. The molecule has 0 aliphatic carbocycles. The number of carbonyl (C=O) groups is 2. The molecule has 0 bridgehead atoms. The summed E-state index contributed by atoms with van der Waals surface area (Å²) in [5.74, 6) is -1.10. The molecule has 1 N–H and O–H groups in total. The predicted molar refractivity (Wildman–Crippen MR) is 98.7 cm³/mol. The Morgan fingerprint density at radius 1 is 1.33 bits per heavy atom. The van der Waals surface area contributed by atoms with E-state index < -0.39 is 11.9 Å². The van der Waals surface area contributed by atoms with Gasteiger partial charge in [-0.05, 0) is 45.4 Å². The molecule has 3 rings (SSSR count). The maximum absolute atomic E-state index is 13.0. The number of aromatic carboxylic acids is 1. The van der Waals surface area contributed by atoms with Crippen LogP contribution in [0.2, 0.25) is 0 Å². The van der Waals surface area contributed by atoms with E-state index in [1.807, 2.05) is 0 Å². The van der Waals surface area contributed by atoms with Gasteiger partial charge in [0.05, 0.1) is 18.0 Å². The highest BCUT2D eigenvalue weighted by molar-refractivity contribution is 7.20. The van der Waals surface area contributed by atoms with Gasteiger partial charge in [-0.1, -0.05) is 0 Å². The van der Waals surface area contributed by atoms with Crippen LogP contribution >= 0.6 is 11.3 Å². The first kappa shape index (κ1) is 18.8. The summed E-state index contributed by atoms with van der Waals surface area (Å²) in [5, 5.41) is 9.30. The Morgan fingerprint density at radius 2 is 2.04 bits per heavy atom. The van der Waals surface area contributed by atoms with Crippen LogP contribution in [-0.2, 0) is 11.3 Å². The summed E-state index contributed by atoms with van der Waals surface area (Å²) in [6.45, 7) is 6.91. The number of thiophene rings is 1. The van der Waals surface area contributed by atoms with Gasteiger partial charge in [-0.15, -0.1) is 11.3 Å². The molecule has 0 spiro atoms. The molecule has 0 saturated heterocycles. The fourth-order valence-electron chi connectivity index (χ4n) is 2.70. The Labute approximate surface area is 158 Å². The van der Waals surface area contributed by atoms with E-state index in [2.05, 4.69) is 4.98 Å². The molecule has 0 aliphatic heterocycles. The summed E-state index contributed by atoms with van der Waals surface area (Å²) in [7, 11) is 0. The number of furan rings is 1. The second-order valence-electron chi connectivity index (χ2n) is 6.31. The molecule has 27 heavy (non-hydrogen) atoms. The van der Waals surface area contributed by atoms with Crippen molar-refractivity contribution in [3.05, 3.63) is 50.3 Å². The Bertz CT molecular complexity index is 1110. The molecule has 0 radical (unpaired) electrons. The lowest BCUT2D eigenvalue weighted by molar-refractivity contribution is 0.0383. The molecule has 0 amide bonds. The highest BCUT2D eigenvalue weighted by Crippen LogP contribution is 2.28.